The molecule has 1 amide bonds. The highest BCUT2D eigenvalue weighted by molar-refractivity contribution is 5.85. The lowest BCUT2D eigenvalue weighted by Gasteiger charge is -2.17. The normalized spacial score (nSPS) is 14.3. The Morgan fingerprint density at radius 2 is 2.00 bits per heavy atom. The first-order valence-electron chi connectivity index (χ1n) is 9.73. The molecule has 0 radical (unpaired) electrons. The Hall–Kier alpha value is -2.83. The zero-order valence-electron chi connectivity index (χ0n) is 16.0. The zero-order chi connectivity index (χ0) is 20.1. The van der Waals surface area contributed by atoms with Crippen molar-refractivity contribution in [3.05, 3.63) is 39.7 Å². The first-order chi connectivity index (χ1) is 13.5. The minimum Gasteiger partial charge on any atom is -0.484 e. The SMILES string of the molecule is CCCC[C@H](NC(=O)COc1ccc2c3c(c(=O)oc2c1)CCCC3)C(=O)O. The number of fused-ring (bicyclic) bond motifs is 3. The van der Waals surface area contributed by atoms with E-state index in [9.17, 15) is 19.5 Å². The summed E-state index contributed by atoms with van der Waals surface area (Å²) >= 11 is 0. The number of nitrogens with one attached hydrogen (secondary N) is 1. The van der Waals surface area contributed by atoms with Gasteiger partial charge in [-0.1, -0.05) is 19.8 Å². The standard InChI is InChI=1S/C21H25NO6/c1-2-3-8-17(20(24)25)22-19(23)12-27-13-9-10-15-14-6-4-5-7-16(14)21(26)28-18(15)11-13/h9-11,17H,2-8,12H2,1H3,(H,22,23)(H,24,25)/t17-/m0/s1. The van der Waals surface area contributed by atoms with Gasteiger partial charge < -0.3 is 19.6 Å². The van der Waals surface area contributed by atoms with Gasteiger partial charge in [-0.3, -0.25) is 4.79 Å². The molecule has 1 aromatic heterocycles. The van der Waals surface area contributed by atoms with Crippen molar-refractivity contribution in [2.45, 2.75) is 57.9 Å². The van der Waals surface area contributed by atoms with Gasteiger partial charge in [0.2, 0.25) is 0 Å². The van der Waals surface area contributed by atoms with Crippen molar-refractivity contribution in [3.8, 4) is 5.75 Å². The van der Waals surface area contributed by atoms with Crippen LogP contribution in [-0.2, 0) is 22.4 Å². The molecule has 150 valence electrons. The maximum absolute atomic E-state index is 12.2. The fraction of sp³-hybridized carbons (Fsp3) is 0.476. The highest BCUT2D eigenvalue weighted by Crippen LogP contribution is 2.29. The molecule has 2 N–H and O–H groups in total. The molecule has 2 aromatic rings. The van der Waals surface area contributed by atoms with Crippen molar-refractivity contribution in [1.82, 2.24) is 5.32 Å². The van der Waals surface area contributed by atoms with Crippen LogP contribution in [0.3, 0.4) is 0 Å². The zero-order valence-corrected chi connectivity index (χ0v) is 16.0. The Bertz CT molecular complexity index is 932. The molecule has 28 heavy (non-hydrogen) atoms. The summed E-state index contributed by atoms with van der Waals surface area (Å²) in [5, 5.41) is 12.5. The molecule has 1 aliphatic carbocycles. The number of hydrogen-bond acceptors (Lipinski definition) is 5. The van der Waals surface area contributed by atoms with E-state index in [0.717, 1.165) is 48.6 Å². The number of benzene rings is 1. The molecule has 1 atom stereocenters. The fourth-order valence-corrected chi connectivity index (χ4v) is 3.57. The third kappa shape index (κ3) is 4.52. The summed E-state index contributed by atoms with van der Waals surface area (Å²) in [7, 11) is 0. The molecule has 7 nitrogen and oxygen atoms in total. The fourth-order valence-electron chi connectivity index (χ4n) is 3.57. The number of hydrogen-bond donors (Lipinski definition) is 2. The first-order valence-corrected chi connectivity index (χ1v) is 9.73. The third-order valence-corrected chi connectivity index (χ3v) is 5.04. The van der Waals surface area contributed by atoms with Crippen LogP contribution in [0.4, 0.5) is 0 Å². The second-order valence-corrected chi connectivity index (χ2v) is 7.10. The molecule has 0 bridgehead atoms. The predicted octanol–water partition coefficient (Wildman–Crippen LogP) is 2.81. The molecule has 0 saturated carbocycles. The van der Waals surface area contributed by atoms with E-state index in [-0.39, 0.29) is 12.2 Å². The monoisotopic (exact) mass is 387 g/mol. The van der Waals surface area contributed by atoms with E-state index in [1.54, 1.807) is 12.1 Å². The van der Waals surface area contributed by atoms with Gasteiger partial charge in [0.1, 0.15) is 17.4 Å². The number of carbonyl (C=O) groups excluding carboxylic acids is 1. The van der Waals surface area contributed by atoms with Gasteiger partial charge in [0, 0.05) is 17.0 Å². The number of ether oxygens (including phenoxy) is 1. The molecule has 1 heterocycles. The van der Waals surface area contributed by atoms with Gasteiger partial charge in [0.25, 0.3) is 5.91 Å². The van der Waals surface area contributed by atoms with Crippen LogP contribution in [0.15, 0.2) is 27.4 Å². The van der Waals surface area contributed by atoms with Crippen molar-refractivity contribution < 1.29 is 23.8 Å². The Kier molecular flexibility index (Phi) is 6.34. The summed E-state index contributed by atoms with van der Waals surface area (Å²) < 4.78 is 10.9. The summed E-state index contributed by atoms with van der Waals surface area (Å²) in [5.41, 5.74) is 1.94. The van der Waals surface area contributed by atoms with Crippen LogP contribution in [0.2, 0.25) is 0 Å². The summed E-state index contributed by atoms with van der Waals surface area (Å²) in [4.78, 5) is 35.4. The van der Waals surface area contributed by atoms with Gasteiger partial charge >= 0.3 is 11.6 Å². The van der Waals surface area contributed by atoms with Crippen LogP contribution in [0, 0.1) is 0 Å². The summed E-state index contributed by atoms with van der Waals surface area (Å²) in [6.45, 7) is 1.65. The van der Waals surface area contributed by atoms with E-state index in [2.05, 4.69) is 5.32 Å². The minimum atomic E-state index is -1.06. The largest absolute Gasteiger partial charge is 0.484 e. The average Bonchev–Trinajstić information content (AvgIpc) is 2.69. The van der Waals surface area contributed by atoms with Gasteiger partial charge in [-0.05, 0) is 49.8 Å². The molecular formula is C21H25NO6. The lowest BCUT2D eigenvalue weighted by atomic mass is 9.91. The van der Waals surface area contributed by atoms with E-state index in [4.69, 9.17) is 9.15 Å². The molecule has 0 unspecified atom stereocenters. The van der Waals surface area contributed by atoms with E-state index in [0.29, 0.717) is 24.2 Å². The van der Waals surface area contributed by atoms with Crippen LogP contribution in [0.5, 0.6) is 5.75 Å². The number of amides is 1. The number of unbranched alkanes of at least 4 members (excludes halogenated alkanes) is 1. The molecular weight excluding hydrogens is 362 g/mol. The van der Waals surface area contributed by atoms with Crippen LogP contribution in [-0.4, -0.2) is 29.6 Å². The quantitative estimate of drug-likeness (QED) is 0.675. The summed E-state index contributed by atoms with van der Waals surface area (Å²) in [6.07, 6.45) is 5.59. The minimum absolute atomic E-state index is 0.308. The Morgan fingerprint density at radius 3 is 2.71 bits per heavy atom. The van der Waals surface area contributed by atoms with Crippen molar-refractivity contribution in [2.75, 3.05) is 6.61 Å². The second-order valence-electron chi connectivity index (χ2n) is 7.10. The van der Waals surface area contributed by atoms with Crippen molar-refractivity contribution in [2.24, 2.45) is 0 Å². The van der Waals surface area contributed by atoms with Crippen LogP contribution < -0.4 is 15.7 Å². The second kappa shape index (κ2) is 8.91. The lowest BCUT2D eigenvalue weighted by molar-refractivity contribution is -0.142. The molecule has 7 heteroatoms. The molecule has 3 rings (SSSR count). The molecule has 0 aliphatic heterocycles. The molecule has 0 saturated heterocycles. The highest BCUT2D eigenvalue weighted by atomic mass is 16.5. The van der Waals surface area contributed by atoms with Crippen LogP contribution >= 0.6 is 0 Å². The van der Waals surface area contributed by atoms with E-state index in [1.807, 2.05) is 13.0 Å². The first kappa shape index (κ1) is 19.9. The number of aryl methyl sites for hydroxylation is 1. The third-order valence-electron chi connectivity index (χ3n) is 5.04. The van der Waals surface area contributed by atoms with Gasteiger partial charge in [-0.15, -0.1) is 0 Å². The van der Waals surface area contributed by atoms with Gasteiger partial charge in [-0.2, -0.15) is 0 Å². The molecule has 0 fully saturated rings. The van der Waals surface area contributed by atoms with E-state index < -0.39 is 17.9 Å². The molecule has 1 aliphatic rings. The van der Waals surface area contributed by atoms with Gasteiger partial charge in [0.05, 0.1) is 0 Å². The van der Waals surface area contributed by atoms with Crippen molar-refractivity contribution in [3.63, 3.8) is 0 Å². The topological polar surface area (TPSA) is 106 Å². The highest BCUT2D eigenvalue weighted by Gasteiger charge is 2.20. The number of carboxylic acids is 1. The van der Waals surface area contributed by atoms with E-state index in [1.165, 1.54) is 0 Å². The van der Waals surface area contributed by atoms with Crippen molar-refractivity contribution in [1.29, 1.82) is 0 Å². The summed E-state index contributed by atoms with van der Waals surface area (Å²) in [5.74, 6) is -1.17. The lowest BCUT2D eigenvalue weighted by Crippen LogP contribution is -2.42. The smallest absolute Gasteiger partial charge is 0.339 e. The number of rotatable bonds is 8. The van der Waals surface area contributed by atoms with Gasteiger partial charge in [-0.25, -0.2) is 9.59 Å². The average molecular weight is 387 g/mol. The Morgan fingerprint density at radius 1 is 1.25 bits per heavy atom. The van der Waals surface area contributed by atoms with Crippen LogP contribution in [0.1, 0.15) is 50.2 Å². The maximum Gasteiger partial charge on any atom is 0.339 e. The Balaban J connectivity index is 1.68. The maximum atomic E-state index is 12.2. The molecule has 0 spiro atoms. The van der Waals surface area contributed by atoms with Gasteiger partial charge in [0.15, 0.2) is 6.61 Å². The predicted molar refractivity (Wildman–Crippen MR) is 104 cm³/mol. The number of carbonyl (C=O) groups is 2. The molecule has 1 aromatic carbocycles. The Labute approximate surface area is 162 Å². The van der Waals surface area contributed by atoms with Crippen molar-refractivity contribution >= 4 is 22.8 Å². The van der Waals surface area contributed by atoms with Crippen LogP contribution in [0.25, 0.3) is 11.0 Å². The summed E-state index contributed by atoms with van der Waals surface area (Å²) in [6, 6.07) is 4.26. The number of aliphatic carboxylic acids is 1. The number of carboxylic acid groups (broad SMARTS) is 1. The van der Waals surface area contributed by atoms with E-state index >= 15 is 0 Å².